The van der Waals surface area contributed by atoms with Crippen LogP contribution in [0.1, 0.15) is 36.8 Å². The molecule has 3 aromatic rings. The van der Waals surface area contributed by atoms with Crippen LogP contribution in [0.3, 0.4) is 0 Å². The Balaban J connectivity index is 1.44. The summed E-state index contributed by atoms with van der Waals surface area (Å²) in [6, 6.07) is 11.9. The van der Waals surface area contributed by atoms with E-state index in [2.05, 4.69) is 10.5 Å². The number of hydrogen-bond donors (Lipinski definition) is 1. The highest BCUT2D eigenvalue weighted by molar-refractivity contribution is 6.34. The third-order valence-corrected chi connectivity index (χ3v) is 4.64. The van der Waals surface area contributed by atoms with E-state index < -0.39 is 30.3 Å². The minimum atomic E-state index is -0.819. The van der Waals surface area contributed by atoms with Crippen molar-refractivity contribution in [3.05, 3.63) is 76.0 Å². The van der Waals surface area contributed by atoms with Gasteiger partial charge in [0, 0.05) is 16.8 Å². The Hall–Kier alpha value is -3.98. The van der Waals surface area contributed by atoms with Gasteiger partial charge in [-0.05, 0) is 43.3 Å². The van der Waals surface area contributed by atoms with Crippen molar-refractivity contribution < 1.29 is 28.4 Å². The van der Waals surface area contributed by atoms with E-state index in [9.17, 15) is 19.2 Å². The molecular weight excluding hydrogens is 426 g/mol. The molecule has 1 aliphatic rings. The Morgan fingerprint density at radius 2 is 1.87 bits per heavy atom. The Bertz CT molecular complexity index is 1240. The number of aryl methyl sites for hydroxylation is 1. The van der Waals surface area contributed by atoms with Gasteiger partial charge in [-0.15, -0.1) is 0 Å². The van der Waals surface area contributed by atoms with Crippen LogP contribution < -0.4 is 10.2 Å². The van der Waals surface area contributed by atoms with Gasteiger partial charge in [0.2, 0.25) is 0 Å². The highest BCUT2D eigenvalue weighted by Crippen LogP contribution is 2.29. The number of nitrogens with one attached hydrogen (secondary N) is 1. The van der Waals surface area contributed by atoms with Crippen molar-refractivity contribution in [1.29, 1.82) is 0 Å². The van der Waals surface area contributed by atoms with E-state index in [1.54, 1.807) is 31.2 Å². The molecule has 0 spiro atoms. The summed E-state index contributed by atoms with van der Waals surface area (Å²) >= 11 is 5.85. The van der Waals surface area contributed by atoms with Crippen LogP contribution in [-0.4, -0.2) is 35.5 Å². The van der Waals surface area contributed by atoms with Gasteiger partial charge in [-0.25, -0.2) is 9.69 Å². The number of ether oxygens (including phenoxy) is 1. The quantitative estimate of drug-likeness (QED) is 0.478. The molecule has 31 heavy (non-hydrogen) atoms. The van der Waals surface area contributed by atoms with Crippen LogP contribution in [-0.2, 0) is 9.53 Å². The van der Waals surface area contributed by atoms with Crippen molar-refractivity contribution in [2.24, 2.45) is 0 Å². The zero-order valence-electron chi connectivity index (χ0n) is 16.0. The van der Waals surface area contributed by atoms with Gasteiger partial charge in [-0.3, -0.25) is 14.4 Å². The van der Waals surface area contributed by atoms with Crippen LogP contribution >= 0.6 is 11.6 Å². The number of carbonyl (C=O) groups excluding carboxylic acids is 4. The first-order chi connectivity index (χ1) is 14.8. The molecular formula is C21H14ClN3O6. The number of imide groups is 1. The summed E-state index contributed by atoms with van der Waals surface area (Å²) in [4.78, 5) is 50.4. The third kappa shape index (κ3) is 4.03. The molecule has 1 N–H and O–H groups in total. The van der Waals surface area contributed by atoms with Gasteiger partial charge >= 0.3 is 5.97 Å². The first-order valence-electron chi connectivity index (χ1n) is 9.02. The van der Waals surface area contributed by atoms with Crippen LogP contribution in [0.4, 0.5) is 11.5 Å². The van der Waals surface area contributed by atoms with Crippen molar-refractivity contribution >= 4 is 46.8 Å². The number of halogens is 1. The number of hydrogen-bond acceptors (Lipinski definition) is 7. The summed E-state index contributed by atoms with van der Waals surface area (Å²) in [7, 11) is 0. The molecule has 10 heteroatoms. The van der Waals surface area contributed by atoms with E-state index in [1.807, 2.05) is 0 Å². The predicted molar refractivity (Wildman–Crippen MR) is 109 cm³/mol. The monoisotopic (exact) mass is 439 g/mol. The number of fused-ring (bicyclic) bond motifs is 1. The predicted octanol–water partition coefficient (Wildman–Crippen LogP) is 3.23. The van der Waals surface area contributed by atoms with Crippen molar-refractivity contribution in [3.63, 3.8) is 0 Å². The molecule has 1 aliphatic heterocycles. The Morgan fingerprint density at radius 1 is 1.10 bits per heavy atom. The molecule has 4 rings (SSSR count). The molecule has 0 atom stereocenters. The van der Waals surface area contributed by atoms with Crippen molar-refractivity contribution in [1.82, 2.24) is 5.16 Å². The maximum absolute atomic E-state index is 12.7. The minimum absolute atomic E-state index is 0.0219. The maximum Gasteiger partial charge on any atom is 0.338 e. The van der Waals surface area contributed by atoms with Gasteiger partial charge in [-0.1, -0.05) is 22.8 Å². The normalized spacial score (nSPS) is 12.6. The number of amides is 3. The standard InChI is InChI=1S/C21H14ClN3O6/c1-11-7-17(24-31-11)25-19(27)15-6-5-12(8-16(15)20(25)28)21(29)30-10-18(26)23-14-4-2-3-13(22)9-14/h2-9H,10H2,1H3,(H,23,26). The second-order valence-corrected chi connectivity index (χ2v) is 7.07. The van der Waals surface area contributed by atoms with Crippen LogP contribution in [0.2, 0.25) is 5.02 Å². The summed E-state index contributed by atoms with van der Waals surface area (Å²) in [5, 5.41) is 6.69. The lowest BCUT2D eigenvalue weighted by molar-refractivity contribution is -0.119. The van der Waals surface area contributed by atoms with Crippen LogP contribution in [0.15, 0.2) is 53.1 Å². The summed E-state index contributed by atoms with van der Waals surface area (Å²) < 4.78 is 9.93. The first-order valence-corrected chi connectivity index (χ1v) is 9.40. The average Bonchev–Trinajstić information content (AvgIpc) is 3.26. The number of benzene rings is 2. The summed E-state index contributed by atoms with van der Waals surface area (Å²) in [5.74, 6) is -2.09. The Labute approximate surface area is 180 Å². The van der Waals surface area contributed by atoms with Crippen molar-refractivity contribution in [3.8, 4) is 0 Å². The van der Waals surface area contributed by atoms with E-state index in [0.29, 0.717) is 16.5 Å². The number of esters is 1. The zero-order valence-corrected chi connectivity index (χ0v) is 16.8. The lowest BCUT2D eigenvalue weighted by Crippen LogP contribution is -2.29. The van der Waals surface area contributed by atoms with Crippen LogP contribution in [0.25, 0.3) is 0 Å². The molecule has 0 bridgehead atoms. The highest BCUT2D eigenvalue weighted by atomic mass is 35.5. The molecule has 2 heterocycles. The Morgan fingerprint density at radius 3 is 2.58 bits per heavy atom. The molecule has 9 nitrogen and oxygen atoms in total. The minimum Gasteiger partial charge on any atom is -0.452 e. The fourth-order valence-corrected chi connectivity index (χ4v) is 3.20. The third-order valence-electron chi connectivity index (χ3n) is 4.41. The maximum atomic E-state index is 12.7. The summed E-state index contributed by atoms with van der Waals surface area (Å²) in [5.41, 5.74) is 0.636. The van der Waals surface area contributed by atoms with Gasteiger partial charge in [0.1, 0.15) is 5.76 Å². The van der Waals surface area contributed by atoms with Gasteiger partial charge in [0.15, 0.2) is 12.4 Å². The van der Waals surface area contributed by atoms with E-state index in [-0.39, 0.29) is 22.5 Å². The van der Waals surface area contributed by atoms with E-state index in [1.165, 1.54) is 24.3 Å². The molecule has 0 aliphatic carbocycles. The molecule has 0 fully saturated rings. The van der Waals surface area contributed by atoms with Crippen molar-refractivity contribution in [2.75, 3.05) is 16.8 Å². The van der Waals surface area contributed by atoms with Crippen LogP contribution in [0, 0.1) is 6.92 Å². The van der Waals surface area contributed by atoms with E-state index in [4.69, 9.17) is 20.9 Å². The van der Waals surface area contributed by atoms with Gasteiger partial charge in [0.25, 0.3) is 17.7 Å². The highest BCUT2D eigenvalue weighted by Gasteiger charge is 2.38. The van der Waals surface area contributed by atoms with Gasteiger partial charge in [0.05, 0.1) is 16.7 Å². The number of anilines is 2. The van der Waals surface area contributed by atoms with E-state index in [0.717, 1.165) is 4.90 Å². The summed E-state index contributed by atoms with van der Waals surface area (Å²) in [6.07, 6.45) is 0. The van der Waals surface area contributed by atoms with E-state index >= 15 is 0 Å². The SMILES string of the molecule is Cc1cc(N2C(=O)c3ccc(C(=O)OCC(=O)Nc4cccc(Cl)c4)cc3C2=O)no1. The second kappa shape index (κ2) is 8.04. The largest absolute Gasteiger partial charge is 0.452 e. The molecule has 0 saturated carbocycles. The average molecular weight is 440 g/mol. The van der Waals surface area contributed by atoms with Gasteiger partial charge in [-0.2, -0.15) is 0 Å². The molecule has 0 saturated heterocycles. The lowest BCUT2D eigenvalue weighted by Gasteiger charge is -2.08. The fourth-order valence-electron chi connectivity index (χ4n) is 3.01. The topological polar surface area (TPSA) is 119 Å². The van der Waals surface area contributed by atoms with Gasteiger partial charge < -0.3 is 14.6 Å². The number of aromatic nitrogens is 1. The number of carbonyl (C=O) groups is 4. The molecule has 2 aromatic carbocycles. The lowest BCUT2D eigenvalue weighted by atomic mass is 10.1. The Kier molecular flexibility index (Phi) is 5.26. The zero-order chi connectivity index (χ0) is 22.1. The number of rotatable bonds is 5. The smallest absolute Gasteiger partial charge is 0.338 e. The fraction of sp³-hybridized carbons (Fsp3) is 0.0952. The molecule has 0 radical (unpaired) electrons. The molecule has 0 unspecified atom stereocenters. The number of nitrogens with zero attached hydrogens (tertiary/aromatic N) is 2. The second-order valence-electron chi connectivity index (χ2n) is 6.64. The van der Waals surface area contributed by atoms with Crippen molar-refractivity contribution in [2.45, 2.75) is 6.92 Å². The summed E-state index contributed by atoms with van der Waals surface area (Å²) in [6.45, 7) is 1.09. The van der Waals surface area contributed by atoms with Crippen LogP contribution in [0.5, 0.6) is 0 Å². The molecule has 156 valence electrons. The molecule has 3 amide bonds. The first kappa shape index (κ1) is 20.3. The molecule has 1 aromatic heterocycles.